The number of H-pyrrole nitrogens is 1. The van der Waals surface area contributed by atoms with Gasteiger partial charge in [0.25, 0.3) is 0 Å². The van der Waals surface area contributed by atoms with E-state index in [4.69, 9.17) is 15.3 Å². The Morgan fingerprint density at radius 2 is 2.20 bits per heavy atom. The van der Waals surface area contributed by atoms with Gasteiger partial charge in [0.05, 0.1) is 0 Å². The highest BCUT2D eigenvalue weighted by Crippen LogP contribution is 1.87. The van der Waals surface area contributed by atoms with Gasteiger partial charge in [0.1, 0.15) is 11.8 Å². The number of nitrogens with zero attached hydrogens (tertiary/aromatic N) is 1. The maximum Gasteiger partial charge on any atom is 0.432 e. The van der Waals surface area contributed by atoms with Crippen molar-refractivity contribution in [1.29, 1.82) is 5.26 Å². The van der Waals surface area contributed by atoms with Crippen molar-refractivity contribution in [1.82, 2.24) is 4.98 Å². The lowest BCUT2D eigenvalue weighted by Gasteiger charge is -1.66. The average molecular weight is 138 g/mol. The molecule has 0 spiro atoms. The molecule has 0 unspecified atom stereocenters. The Balaban J connectivity index is 0.000000236. The van der Waals surface area contributed by atoms with E-state index in [0.717, 1.165) is 0 Å². The molecule has 10 heavy (non-hydrogen) atoms. The molecule has 0 fully saturated rings. The van der Waals surface area contributed by atoms with E-state index in [2.05, 4.69) is 4.98 Å². The number of nitriles is 1. The van der Waals surface area contributed by atoms with Gasteiger partial charge in [-0.15, -0.1) is 0 Å². The van der Waals surface area contributed by atoms with Crippen LogP contribution in [0.4, 0.5) is 0 Å². The van der Waals surface area contributed by atoms with Crippen molar-refractivity contribution in [3.05, 3.63) is 24.0 Å². The van der Waals surface area contributed by atoms with E-state index in [1.165, 1.54) is 0 Å². The Kier molecular flexibility index (Phi) is 5.15. The summed E-state index contributed by atoms with van der Waals surface area (Å²) in [6, 6.07) is 5.46. The first-order valence-electron chi connectivity index (χ1n) is 2.60. The quantitative estimate of drug-likeness (QED) is 0.407. The Hall–Kier alpha value is -1.25. The van der Waals surface area contributed by atoms with Crippen molar-refractivity contribution in [2.75, 3.05) is 0 Å². The second-order valence-corrected chi connectivity index (χ2v) is 1.34. The van der Waals surface area contributed by atoms with Gasteiger partial charge in [-0.25, -0.2) is 0 Å². The summed E-state index contributed by atoms with van der Waals surface area (Å²) in [5, 5.41) is 22.4. The smallest absolute Gasteiger partial charge is 0.430 e. The summed E-state index contributed by atoms with van der Waals surface area (Å²) in [6.45, 7) is 0. The normalized spacial score (nSPS) is 6.90. The largest absolute Gasteiger partial charge is 0.432 e. The van der Waals surface area contributed by atoms with Crippen LogP contribution in [-0.4, -0.2) is 22.7 Å². The summed E-state index contributed by atoms with van der Waals surface area (Å²) in [4.78, 5) is 2.73. The van der Waals surface area contributed by atoms with Crippen LogP contribution in [-0.2, 0) is 0 Å². The predicted octanol–water partition coefficient (Wildman–Crippen LogP) is -0.876. The summed E-state index contributed by atoms with van der Waals surface area (Å²) in [5.74, 6) is 0. The van der Waals surface area contributed by atoms with Crippen LogP contribution in [0.3, 0.4) is 0 Å². The van der Waals surface area contributed by atoms with Crippen molar-refractivity contribution in [3.8, 4) is 6.07 Å². The Morgan fingerprint density at radius 1 is 1.60 bits per heavy atom. The standard InChI is InChI=1S/C5H4N2.BH3O2/c6-4-5-2-1-3-7-5;2-1-3/h1-3,7H;1-3H. The van der Waals surface area contributed by atoms with Crippen molar-refractivity contribution in [2.24, 2.45) is 0 Å². The zero-order valence-corrected chi connectivity index (χ0v) is 5.28. The summed E-state index contributed by atoms with van der Waals surface area (Å²) < 4.78 is 0. The third-order valence-corrected chi connectivity index (χ3v) is 0.718. The predicted molar refractivity (Wildman–Crippen MR) is 37.1 cm³/mol. The van der Waals surface area contributed by atoms with Gasteiger partial charge in [-0.05, 0) is 12.1 Å². The van der Waals surface area contributed by atoms with Crippen molar-refractivity contribution >= 4 is 7.69 Å². The number of aromatic nitrogens is 1. The van der Waals surface area contributed by atoms with E-state index in [0.29, 0.717) is 5.69 Å². The molecule has 0 bridgehead atoms. The second kappa shape index (κ2) is 5.88. The van der Waals surface area contributed by atoms with E-state index >= 15 is 0 Å². The number of hydrogen-bond donors (Lipinski definition) is 3. The summed E-state index contributed by atoms with van der Waals surface area (Å²) in [5.41, 5.74) is 0.611. The summed E-state index contributed by atoms with van der Waals surface area (Å²) >= 11 is 0. The zero-order valence-electron chi connectivity index (χ0n) is 5.28. The van der Waals surface area contributed by atoms with Gasteiger partial charge in [0.2, 0.25) is 0 Å². The van der Waals surface area contributed by atoms with Crippen molar-refractivity contribution < 1.29 is 10.0 Å². The molecule has 1 rings (SSSR count). The maximum atomic E-state index is 8.15. The highest BCUT2D eigenvalue weighted by molar-refractivity contribution is 6.13. The minimum absolute atomic E-state index is 0.611. The van der Waals surface area contributed by atoms with Crippen molar-refractivity contribution in [3.63, 3.8) is 0 Å². The van der Waals surface area contributed by atoms with Crippen LogP contribution in [0, 0.1) is 11.3 Å². The molecule has 0 aliphatic carbocycles. The molecule has 1 heterocycles. The fourth-order valence-electron chi connectivity index (χ4n) is 0.400. The first-order chi connectivity index (χ1) is 4.85. The number of aromatic amines is 1. The van der Waals surface area contributed by atoms with Gasteiger partial charge in [0, 0.05) is 6.20 Å². The topological polar surface area (TPSA) is 80.0 Å². The molecular formula is C5H7BN2O2. The Bertz CT molecular complexity index is 192. The molecule has 0 radical (unpaired) electrons. The zero-order chi connectivity index (χ0) is 7.82. The molecule has 0 aromatic carbocycles. The molecule has 4 nitrogen and oxygen atoms in total. The maximum absolute atomic E-state index is 8.15. The molecule has 5 heteroatoms. The fourth-order valence-corrected chi connectivity index (χ4v) is 0.400. The molecule has 3 N–H and O–H groups in total. The molecule has 52 valence electrons. The fraction of sp³-hybridized carbons (Fsp3) is 0. The molecule has 0 amide bonds. The van der Waals surface area contributed by atoms with Crippen molar-refractivity contribution in [2.45, 2.75) is 0 Å². The number of hydrogen-bond acceptors (Lipinski definition) is 3. The lowest BCUT2D eigenvalue weighted by molar-refractivity contribution is 0.448. The van der Waals surface area contributed by atoms with E-state index in [1.54, 1.807) is 18.3 Å². The third-order valence-electron chi connectivity index (χ3n) is 0.718. The Morgan fingerprint density at radius 3 is 2.40 bits per heavy atom. The van der Waals surface area contributed by atoms with Crippen LogP contribution >= 0.6 is 0 Å². The van der Waals surface area contributed by atoms with E-state index < -0.39 is 7.69 Å². The van der Waals surface area contributed by atoms with E-state index in [-0.39, 0.29) is 0 Å². The molecule has 1 aromatic heterocycles. The number of nitrogens with one attached hydrogen (secondary N) is 1. The minimum Gasteiger partial charge on any atom is -0.430 e. The first-order valence-corrected chi connectivity index (χ1v) is 2.60. The van der Waals surface area contributed by atoms with Crippen LogP contribution in [0.1, 0.15) is 5.69 Å². The van der Waals surface area contributed by atoms with Crippen LogP contribution in [0.15, 0.2) is 18.3 Å². The van der Waals surface area contributed by atoms with Crippen LogP contribution in [0.2, 0.25) is 0 Å². The van der Waals surface area contributed by atoms with Gasteiger partial charge in [-0.1, -0.05) is 0 Å². The first kappa shape index (κ1) is 8.75. The lowest BCUT2D eigenvalue weighted by atomic mass is 10.5. The molecule has 0 saturated carbocycles. The molecular weight excluding hydrogens is 131 g/mol. The Labute approximate surface area is 59.0 Å². The molecule has 0 saturated heterocycles. The third kappa shape index (κ3) is 3.72. The lowest BCUT2D eigenvalue weighted by Crippen LogP contribution is -1.75. The van der Waals surface area contributed by atoms with Gasteiger partial charge >= 0.3 is 7.69 Å². The summed E-state index contributed by atoms with van der Waals surface area (Å²) in [6.07, 6.45) is 1.72. The molecule has 0 atom stereocenters. The van der Waals surface area contributed by atoms with Crippen LogP contribution < -0.4 is 0 Å². The van der Waals surface area contributed by atoms with Gasteiger partial charge in [0.15, 0.2) is 0 Å². The number of rotatable bonds is 0. The highest BCUT2D eigenvalue weighted by Gasteiger charge is 1.80. The van der Waals surface area contributed by atoms with E-state index in [1.807, 2.05) is 6.07 Å². The van der Waals surface area contributed by atoms with Gasteiger partial charge < -0.3 is 15.0 Å². The molecule has 1 aromatic rings. The SMILES string of the molecule is N#Cc1ccc[nH]1.OBO. The molecule has 0 aliphatic heterocycles. The summed E-state index contributed by atoms with van der Waals surface area (Å²) in [7, 11) is -0.750. The van der Waals surface area contributed by atoms with Crippen LogP contribution in [0.5, 0.6) is 0 Å². The minimum atomic E-state index is -0.750. The highest BCUT2D eigenvalue weighted by atomic mass is 16.4. The molecule has 0 aliphatic rings. The monoisotopic (exact) mass is 138 g/mol. The van der Waals surface area contributed by atoms with Crippen LogP contribution in [0.25, 0.3) is 0 Å². The second-order valence-electron chi connectivity index (χ2n) is 1.34. The van der Waals surface area contributed by atoms with E-state index in [9.17, 15) is 0 Å². The average Bonchev–Trinajstić information content (AvgIpc) is 2.39. The van der Waals surface area contributed by atoms with Gasteiger partial charge in [-0.3, -0.25) is 0 Å². The van der Waals surface area contributed by atoms with Gasteiger partial charge in [-0.2, -0.15) is 5.26 Å².